The first-order valence-electron chi connectivity index (χ1n) is 6.38. The Morgan fingerprint density at radius 2 is 1.95 bits per heavy atom. The van der Waals surface area contributed by atoms with Gasteiger partial charge in [0.25, 0.3) is 0 Å². The Morgan fingerprint density at radius 1 is 1.11 bits per heavy atom. The van der Waals surface area contributed by atoms with E-state index in [2.05, 4.69) is 0 Å². The average Bonchev–Trinajstić information content (AvgIpc) is 2.58. The first-order valence-corrected chi connectivity index (χ1v) is 6.38. The van der Waals surface area contributed by atoms with Crippen LogP contribution in [0.5, 0.6) is 5.75 Å². The third-order valence-electron chi connectivity index (χ3n) is 3.37. The number of carbonyl (C=O) groups is 1. The smallest absolute Gasteiger partial charge is 0.197 e. The second-order valence-corrected chi connectivity index (χ2v) is 4.64. The summed E-state index contributed by atoms with van der Waals surface area (Å²) in [6, 6.07) is 13.3. The molecule has 19 heavy (non-hydrogen) atoms. The van der Waals surface area contributed by atoms with Gasteiger partial charge in [-0.1, -0.05) is 30.3 Å². The summed E-state index contributed by atoms with van der Waals surface area (Å²) in [7, 11) is 0. The Bertz CT molecular complexity index is 634. The van der Waals surface area contributed by atoms with Crippen LogP contribution in [-0.4, -0.2) is 12.3 Å². The molecular formula is C16H15NO2. The first-order chi connectivity index (χ1) is 9.29. The maximum Gasteiger partial charge on any atom is 0.197 e. The normalized spacial score (nSPS) is 13.2. The molecule has 0 unspecified atom stereocenters. The summed E-state index contributed by atoms with van der Waals surface area (Å²) in [5.74, 6) is 0.684. The molecule has 1 aliphatic rings. The molecule has 2 aromatic carbocycles. The van der Waals surface area contributed by atoms with Crippen LogP contribution in [0.4, 0.5) is 0 Å². The Hall–Kier alpha value is -2.13. The molecule has 96 valence electrons. The van der Waals surface area contributed by atoms with Gasteiger partial charge >= 0.3 is 0 Å². The van der Waals surface area contributed by atoms with Gasteiger partial charge in [-0.3, -0.25) is 4.79 Å². The van der Waals surface area contributed by atoms with Gasteiger partial charge in [-0.25, -0.2) is 0 Å². The molecule has 0 aromatic heterocycles. The van der Waals surface area contributed by atoms with Gasteiger partial charge in [-0.15, -0.1) is 0 Å². The van der Waals surface area contributed by atoms with Crippen molar-refractivity contribution in [1.82, 2.24) is 0 Å². The van der Waals surface area contributed by atoms with Gasteiger partial charge in [0.2, 0.25) is 0 Å². The second-order valence-electron chi connectivity index (χ2n) is 4.64. The number of fused-ring (bicyclic) bond motifs is 2. The molecule has 2 aromatic rings. The van der Waals surface area contributed by atoms with Crippen LogP contribution in [0.25, 0.3) is 0 Å². The van der Waals surface area contributed by atoms with Gasteiger partial charge in [0.15, 0.2) is 5.78 Å². The number of nitrogens with two attached hydrogens (primary N) is 1. The zero-order chi connectivity index (χ0) is 13.2. The van der Waals surface area contributed by atoms with E-state index >= 15 is 0 Å². The number of hydrogen-bond acceptors (Lipinski definition) is 3. The highest BCUT2D eigenvalue weighted by atomic mass is 16.5. The largest absolute Gasteiger partial charge is 0.488 e. The molecule has 2 N–H and O–H groups in total. The highest BCUT2D eigenvalue weighted by molar-refractivity contribution is 6.12. The molecule has 3 heteroatoms. The third kappa shape index (κ3) is 2.13. The predicted molar refractivity (Wildman–Crippen MR) is 73.4 cm³/mol. The molecule has 0 spiro atoms. The fourth-order valence-electron chi connectivity index (χ4n) is 2.37. The van der Waals surface area contributed by atoms with Crippen molar-refractivity contribution in [2.75, 3.05) is 6.54 Å². The summed E-state index contributed by atoms with van der Waals surface area (Å²) in [5, 5.41) is 0. The standard InChI is InChI=1S/C16H15NO2/c17-8-7-11-5-6-15-14(9-11)16(18)13-4-2-1-3-12(13)10-19-15/h1-6,9H,7-8,10,17H2. The number of benzene rings is 2. The first kappa shape index (κ1) is 11.9. The molecule has 1 heterocycles. The van der Waals surface area contributed by atoms with Gasteiger partial charge < -0.3 is 10.5 Å². The number of carbonyl (C=O) groups excluding carboxylic acids is 1. The average molecular weight is 253 g/mol. The maximum absolute atomic E-state index is 12.6. The Morgan fingerprint density at radius 3 is 2.79 bits per heavy atom. The minimum atomic E-state index is 0.0296. The van der Waals surface area contributed by atoms with E-state index in [9.17, 15) is 4.79 Å². The van der Waals surface area contributed by atoms with Gasteiger partial charge in [0.1, 0.15) is 12.4 Å². The van der Waals surface area contributed by atoms with E-state index < -0.39 is 0 Å². The summed E-state index contributed by atoms with van der Waals surface area (Å²) in [6.45, 7) is 1.01. The number of ketones is 1. The topological polar surface area (TPSA) is 52.3 Å². The Kier molecular flexibility index (Phi) is 3.05. The molecule has 0 bridgehead atoms. The van der Waals surface area contributed by atoms with Crippen molar-refractivity contribution >= 4 is 5.78 Å². The van der Waals surface area contributed by atoms with Gasteiger partial charge in [-0.2, -0.15) is 0 Å². The highest BCUT2D eigenvalue weighted by Crippen LogP contribution is 2.29. The molecule has 0 radical (unpaired) electrons. The van der Waals surface area contributed by atoms with Crippen LogP contribution >= 0.6 is 0 Å². The molecule has 0 fully saturated rings. The third-order valence-corrected chi connectivity index (χ3v) is 3.37. The van der Waals surface area contributed by atoms with E-state index in [4.69, 9.17) is 10.5 Å². The SMILES string of the molecule is NCCc1ccc2c(c1)C(=O)c1ccccc1CO2. The van der Waals surface area contributed by atoms with Crippen molar-refractivity contribution in [3.05, 3.63) is 64.7 Å². The predicted octanol–water partition coefficient (Wildman–Crippen LogP) is 2.31. The van der Waals surface area contributed by atoms with Crippen LogP contribution in [0, 0.1) is 0 Å². The molecule has 0 aliphatic carbocycles. The minimum Gasteiger partial charge on any atom is -0.488 e. The van der Waals surface area contributed by atoms with E-state index in [0.29, 0.717) is 24.5 Å². The van der Waals surface area contributed by atoms with Crippen LogP contribution in [0.3, 0.4) is 0 Å². The fourth-order valence-corrected chi connectivity index (χ4v) is 2.37. The van der Waals surface area contributed by atoms with Crippen LogP contribution in [0.15, 0.2) is 42.5 Å². The molecule has 3 rings (SSSR count). The van der Waals surface area contributed by atoms with E-state index in [1.807, 2.05) is 42.5 Å². The zero-order valence-corrected chi connectivity index (χ0v) is 10.6. The van der Waals surface area contributed by atoms with E-state index in [1.54, 1.807) is 0 Å². The summed E-state index contributed by atoms with van der Waals surface area (Å²) < 4.78 is 5.73. The minimum absolute atomic E-state index is 0.0296. The second kappa shape index (κ2) is 4.86. The monoisotopic (exact) mass is 253 g/mol. The van der Waals surface area contributed by atoms with Gasteiger partial charge in [0.05, 0.1) is 5.56 Å². The number of hydrogen-bond donors (Lipinski definition) is 1. The molecule has 0 saturated carbocycles. The molecule has 3 nitrogen and oxygen atoms in total. The van der Waals surface area contributed by atoms with Crippen molar-refractivity contribution in [1.29, 1.82) is 0 Å². The summed E-state index contributed by atoms with van der Waals surface area (Å²) in [4.78, 5) is 12.6. The summed E-state index contributed by atoms with van der Waals surface area (Å²) >= 11 is 0. The van der Waals surface area contributed by atoms with Crippen LogP contribution < -0.4 is 10.5 Å². The molecular weight excluding hydrogens is 238 g/mol. The lowest BCUT2D eigenvalue weighted by Gasteiger charge is -2.08. The van der Waals surface area contributed by atoms with Gasteiger partial charge in [-0.05, 0) is 30.7 Å². The zero-order valence-electron chi connectivity index (χ0n) is 10.6. The highest BCUT2D eigenvalue weighted by Gasteiger charge is 2.21. The number of rotatable bonds is 2. The van der Waals surface area contributed by atoms with Crippen molar-refractivity contribution in [3.63, 3.8) is 0 Å². The molecule has 0 amide bonds. The maximum atomic E-state index is 12.6. The van der Waals surface area contributed by atoms with Crippen LogP contribution in [0.1, 0.15) is 27.0 Å². The lowest BCUT2D eigenvalue weighted by Crippen LogP contribution is -2.06. The van der Waals surface area contributed by atoms with Crippen LogP contribution in [0.2, 0.25) is 0 Å². The molecule has 0 saturated heterocycles. The van der Waals surface area contributed by atoms with Gasteiger partial charge in [0, 0.05) is 11.1 Å². The van der Waals surface area contributed by atoms with Crippen LogP contribution in [-0.2, 0) is 13.0 Å². The Balaban J connectivity index is 2.10. The van der Waals surface area contributed by atoms with Crippen molar-refractivity contribution < 1.29 is 9.53 Å². The lowest BCUT2D eigenvalue weighted by molar-refractivity contribution is 0.103. The summed E-state index contributed by atoms with van der Waals surface area (Å²) in [5.41, 5.74) is 8.93. The van der Waals surface area contributed by atoms with Crippen molar-refractivity contribution in [3.8, 4) is 5.75 Å². The Labute approximate surface area is 112 Å². The van der Waals surface area contributed by atoms with Crippen molar-refractivity contribution in [2.45, 2.75) is 13.0 Å². The summed E-state index contributed by atoms with van der Waals surface area (Å²) in [6.07, 6.45) is 0.766. The molecule has 0 atom stereocenters. The number of ether oxygens (including phenoxy) is 1. The van der Waals surface area contributed by atoms with E-state index in [1.165, 1.54) is 0 Å². The van der Waals surface area contributed by atoms with Crippen molar-refractivity contribution in [2.24, 2.45) is 5.73 Å². The lowest BCUT2D eigenvalue weighted by atomic mass is 9.97. The quantitative estimate of drug-likeness (QED) is 0.893. The fraction of sp³-hybridized carbons (Fsp3) is 0.188. The van der Waals surface area contributed by atoms with E-state index in [-0.39, 0.29) is 5.78 Å². The van der Waals surface area contributed by atoms with E-state index in [0.717, 1.165) is 23.1 Å². The molecule has 1 aliphatic heterocycles.